The van der Waals surface area contributed by atoms with Gasteiger partial charge >= 0.3 is 0 Å². The van der Waals surface area contributed by atoms with E-state index in [-0.39, 0.29) is 11.8 Å². The Bertz CT molecular complexity index is 1570. The third-order valence-electron chi connectivity index (χ3n) is 11.6. The molecule has 6 aliphatic rings. The number of ketones is 1. The van der Waals surface area contributed by atoms with Gasteiger partial charge in [0, 0.05) is 23.6 Å². The van der Waals surface area contributed by atoms with E-state index in [0.29, 0.717) is 30.9 Å². The minimum Gasteiger partial charge on any atom is -0.485 e. The topological polar surface area (TPSA) is 59.0 Å². The van der Waals surface area contributed by atoms with Crippen LogP contribution in [0.4, 0.5) is 0 Å². The van der Waals surface area contributed by atoms with Gasteiger partial charge in [-0.25, -0.2) is 0 Å². The highest BCUT2D eigenvalue weighted by atomic mass is 16.5. The van der Waals surface area contributed by atoms with Crippen molar-refractivity contribution in [3.63, 3.8) is 0 Å². The maximum Gasteiger partial charge on any atom is 0.180 e. The molecule has 2 saturated carbocycles. The van der Waals surface area contributed by atoms with Gasteiger partial charge in [0.25, 0.3) is 0 Å². The Hall–Kier alpha value is -3.15. The van der Waals surface area contributed by atoms with Crippen molar-refractivity contribution in [3.05, 3.63) is 94.5 Å². The van der Waals surface area contributed by atoms with E-state index >= 15 is 0 Å². The Morgan fingerprint density at radius 2 is 1.76 bits per heavy atom. The first-order chi connectivity index (χ1) is 20.0. The van der Waals surface area contributed by atoms with Crippen LogP contribution >= 0.6 is 0 Å². The second kappa shape index (κ2) is 8.45. The number of hydrogen-bond acceptors (Lipinski definition) is 5. The molecule has 3 aromatic carbocycles. The summed E-state index contributed by atoms with van der Waals surface area (Å²) in [6.45, 7) is 2.39. The van der Waals surface area contributed by atoms with Crippen LogP contribution in [0, 0.1) is 11.3 Å². The number of benzene rings is 3. The molecule has 1 N–H and O–H groups in total. The highest BCUT2D eigenvalue weighted by Crippen LogP contribution is 2.68. The van der Waals surface area contributed by atoms with E-state index in [0.717, 1.165) is 55.8 Å². The molecule has 2 spiro atoms. The van der Waals surface area contributed by atoms with Gasteiger partial charge in [0.05, 0.1) is 11.0 Å². The molecule has 9 rings (SSSR count). The van der Waals surface area contributed by atoms with Crippen molar-refractivity contribution in [2.45, 2.75) is 81.1 Å². The molecule has 0 amide bonds. The Kier molecular flexibility index (Phi) is 5.04. The predicted molar refractivity (Wildman–Crippen MR) is 155 cm³/mol. The second-order valence-corrected chi connectivity index (χ2v) is 13.8. The van der Waals surface area contributed by atoms with Crippen LogP contribution in [0.5, 0.6) is 11.5 Å². The lowest BCUT2D eigenvalue weighted by Gasteiger charge is -2.66. The monoisotopic (exact) mass is 547 g/mol. The summed E-state index contributed by atoms with van der Waals surface area (Å²) in [7, 11) is 0. The fourth-order valence-corrected chi connectivity index (χ4v) is 9.52. The van der Waals surface area contributed by atoms with Gasteiger partial charge in [-0.1, -0.05) is 60.7 Å². The summed E-state index contributed by atoms with van der Waals surface area (Å²) in [5, 5.41) is 13.3. The number of piperidine rings is 1. The molecule has 0 unspecified atom stereocenters. The summed E-state index contributed by atoms with van der Waals surface area (Å²) in [5.41, 5.74) is 3.62. The average molecular weight is 548 g/mol. The van der Waals surface area contributed by atoms with Crippen LogP contribution in [0.2, 0.25) is 0 Å². The molecule has 2 heterocycles. The summed E-state index contributed by atoms with van der Waals surface area (Å²) in [6, 6.07) is 22.9. The van der Waals surface area contributed by atoms with Gasteiger partial charge in [0.1, 0.15) is 6.61 Å². The number of carbonyl (C=O) groups is 1. The van der Waals surface area contributed by atoms with Crippen molar-refractivity contribution in [1.29, 1.82) is 0 Å². The molecule has 5 heteroatoms. The van der Waals surface area contributed by atoms with E-state index < -0.39 is 22.5 Å². The molecule has 0 radical (unpaired) electrons. The van der Waals surface area contributed by atoms with Crippen molar-refractivity contribution < 1.29 is 19.4 Å². The van der Waals surface area contributed by atoms with Crippen molar-refractivity contribution >= 4 is 5.78 Å². The van der Waals surface area contributed by atoms with E-state index in [4.69, 9.17) is 9.47 Å². The largest absolute Gasteiger partial charge is 0.485 e. The number of rotatable bonds is 5. The second-order valence-electron chi connectivity index (χ2n) is 13.8. The number of aliphatic hydroxyl groups is 1. The number of carbonyl (C=O) groups excluding carboxylic acids is 1. The normalized spacial score (nSPS) is 34.6. The molecule has 1 saturated heterocycles. The SMILES string of the molecule is O=C1[C@@H]2Oc3c(OCc4ccccc4)ccc4c3[C@@]23CCN(CC2CC2)[C@@H](C4)[C@]3(O)C[C@]12CCc1ccccc1C2. The first-order valence-electron chi connectivity index (χ1n) is 15.6. The first kappa shape index (κ1) is 24.4. The third kappa shape index (κ3) is 3.28. The lowest BCUT2D eigenvalue weighted by atomic mass is 9.43. The first-order valence-corrected chi connectivity index (χ1v) is 15.6. The van der Waals surface area contributed by atoms with E-state index in [1.807, 2.05) is 24.3 Å². The quantitative estimate of drug-likeness (QED) is 0.477. The van der Waals surface area contributed by atoms with E-state index in [1.165, 1.54) is 29.5 Å². The van der Waals surface area contributed by atoms with Crippen LogP contribution in [0.25, 0.3) is 0 Å². The van der Waals surface area contributed by atoms with Crippen molar-refractivity contribution in [2.75, 3.05) is 13.1 Å². The Morgan fingerprint density at radius 3 is 2.59 bits per heavy atom. The molecule has 5 nitrogen and oxygen atoms in total. The number of ether oxygens (including phenoxy) is 2. The van der Waals surface area contributed by atoms with Crippen LogP contribution in [-0.2, 0) is 36.1 Å². The van der Waals surface area contributed by atoms with Crippen LogP contribution in [0.1, 0.15) is 59.9 Å². The number of nitrogens with zero attached hydrogens (tertiary/aromatic N) is 1. The molecule has 2 bridgehead atoms. The van der Waals surface area contributed by atoms with Gasteiger partial charge in [0.2, 0.25) is 0 Å². The smallest absolute Gasteiger partial charge is 0.180 e. The maximum atomic E-state index is 14.8. The maximum absolute atomic E-state index is 14.8. The zero-order valence-electron chi connectivity index (χ0n) is 23.5. The van der Waals surface area contributed by atoms with Crippen LogP contribution in [0.15, 0.2) is 66.7 Å². The molecular weight excluding hydrogens is 510 g/mol. The Balaban J connectivity index is 1.17. The van der Waals surface area contributed by atoms with Gasteiger partial charge < -0.3 is 14.6 Å². The zero-order valence-corrected chi connectivity index (χ0v) is 23.5. The van der Waals surface area contributed by atoms with Crippen molar-refractivity contribution in [3.8, 4) is 11.5 Å². The molecular formula is C36H37NO4. The van der Waals surface area contributed by atoms with Crippen molar-refractivity contribution in [1.82, 2.24) is 4.90 Å². The molecule has 3 fully saturated rings. The predicted octanol–water partition coefficient (Wildman–Crippen LogP) is 5.18. The van der Waals surface area contributed by atoms with E-state index in [1.54, 1.807) is 0 Å². The van der Waals surface area contributed by atoms with Crippen LogP contribution in [-0.4, -0.2) is 46.6 Å². The molecule has 2 aliphatic heterocycles. The van der Waals surface area contributed by atoms with Gasteiger partial charge in [-0.05, 0) is 92.1 Å². The molecule has 3 aromatic rings. The van der Waals surface area contributed by atoms with Gasteiger partial charge in [-0.2, -0.15) is 0 Å². The van der Waals surface area contributed by atoms with E-state index in [9.17, 15) is 9.90 Å². The van der Waals surface area contributed by atoms with Gasteiger partial charge in [-0.3, -0.25) is 9.69 Å². The number of fused-ring (bicyclic) bond motifs is 1. The Labute approximate surface area is 241 Å². The summed E-state index contributed by atoms with van der Waals surface area (Å²) in [6.07, 6.45) is 6.31. The Morgan fingerprint density at radius 1 is 0.951 bits per heavy atom. The summed E-state index contributed by atoms with van der Waals surface area (Å²) >= 11 is 0. The zero-order chi connectivity index (χ0) is 27.4. The number of aryl methyl sites for hydroxylation is 1. The molecule has 5 atom stereocenters. The number of Topliss-reactive ketones (excluding diaryl/α,β-unsaturated/α-hetero) is 1. The number of hydrogen-bond donors (Lipinski definition) is 1. The fraction of sp³-hybridized carbons (Fsp3) is 0.472. The van der Waals surface area contributed by atoms with E-state index in [2.05, 4.69) is 47.4 Å². The van der Waals surface area contributed by atoms with Crippen LogP contribution < -0.4 is 9.47 Å². The summed E-state index contributed by atoms with van der Waals surface area (Å²) < 4.78 is 13.3. The highest BCUT2D eigenvalue weighted by molar-refractivity contribution is 5.95. The molecule has 0 aromatic heterocycles. The average Bonchev–Trinajstić information content (AvgIpc) is 3.74. The lowest BCUT2D eigenvalue weighted by molar-refractivity contribution is -0.211. The van der Waals surface area contributed by atoms with Crippen molar-refractivity contribution in [2.24, 2.45) is 11.3 Å². The number of likely N-dealkylation sites (tertiary alicyclic amines) is 1. The molecule has 4 aliphatic carbocycles. The molecule has 210 valence electrons. The minimum atomic E-state index is -1.03. The lowest BCUT2D eigenvalue weighted by Crippen LogP contribution is -2.79. The van der Waals surface area contributed by atoms with Crippen LogP contribution in [0.3, 0.4) is 0 Å². The summed E-state index contributed by atoms with van der Waals surface area (Å²) in [4.78, 5) is 17.4. The summed E-state index contributed by atoms with van der Waals surface area (Å²) in [5.74, 6) is 2.34. The minimum absolute atomic E-state index is 0.000340. The fourth-order valence-electron chi connectivity index (χ4n) is 9.52. The third-order valence-corrected chi connectivity index (χ3v) is 11.6. The molecule has 41 heavy (non-hydrogen) atoms. The standard InChI is InChI=1S/C36H37NO4/c38-32-33-35-16-17-37(20-23-10-11-23)29(36(35,39)22-34(32)15-14-25-8-4-5-9-27(25)19-34)18-26-12-13-28(31(41-33)30(26)35)40-21-24-6-2-1-3-7-24/h1-9,12-13,23,29,33,39H,10-11,14-22H2/t29-,33-,34+,35-,36+/m0/s1. The highest BCUT2D eigenvalue weighted by Gasteiger charge is 2.77. The van der Waals surface area contributed by atoms with Gasteiger partial charge in [0.15, 0.2) is 23.4 Å². The van der Waals surface area contributed by atoms with Gasteiger partial charge in [-0.15, -0.1) is 0 Å².